The van der Waals surface area contributed by atoms with Crippen LogP contribution in [-0.4, -0.2) is 70.0 Å². The molecule has 2 aliphatic rings. The fourth-order valence-corrected chi connectivity index (χ4v) is 4.32. The molecule has 1 atom stereocenters. The Morgan fingerprint density at radius 3 is 2.62 bits per heavy atom. The third kappa shape index (κ3) is 4.38. The average molecular weight is 483 g/mol. The van der Waals surface area contributed by atoms with Gasteiger partial charge in [-0.2, -0.15) is 19.4 Å². The number of rotatable bonds is 7. The average Bonchev–Trinajstić information content (AvgIpc) is 3.16. The predicted octanol–water partition coefficient (Wildman–Crippen LogP) is 2.98. The second kappa shape index (κ2) is 9.64. The minimum Gasteiger partial charge on any atom is -0.495 e. The van der Waals surface area contributed by atoms with Crippen molar-refractivity contribution < 1.29 is 23.7 Å². The summed E-state index contributed by atoms with van der Waals surface area (Å²) < 4.78 is 6.62. The lowest BCUT2D eigenvalue weighted by molar-refractivity contribution is -0.427. The fourth-order valence-electron chi connectivity index (χ4n) is 4.15. The number of amides is 4. The minimum absolute atomic E-state index is 0.0964. The van der Waals surface area contributed by atoms with E-state index in [1.54, 1.807) is 30.1 Å². The third-order valence-corrected chi connectivity index (χ3v) is 5.94. The van der Waals surface area contributed by atoms with E-state index < -0.39 is 18.0 Å². The van der Waals surface area contributed by atoms with E-state index in [2.05, 4.69) is 10.4 Å². The number of fused-ring (bicyclic) bond motifs is 1. The summed E-state index contributed by atoms with van der Waals surface area (Å²) in [4.78, 5) is 41.1. The number of benzene rings is 2. The van der Waals surface area contributed by atoms with E-state index in [4.69, 9.17) is 16.3 Å². The second-order valence-corrected chi connectivity index (χ2v) is 8.34. The van der Waals surface area contributed by atoms with Crippen molar-refractivity contribution in [3.8, 4) is 5.75 Å². The van der Waals surface area contributed by atoms with Crippen LogP contribution in [0.1, 0.15) is 19.4 Å². The highest BCUT2D eigenvalue weighted by molar-refractivity contribution is 6.48. The van der Waals surface area contributed by atoms with Gasteiger partial charge in [0.15, 0.2) is 12.3 Å². The van der Waals surface area contributed by atoms with Crippen LogP contribution in [-0.2, 0) is 16.1 Å². The first kappa shape index (κ1) is 23.4. The van der Waals surface area contributed by atoms with Gasteiger partial charge in [0.05, 0.1) is 12.8 Å². The number of nitrogens with zero attached hydrogens (tertiary/aromatic N) is 4. The molecule has 1 unspecified atom stereocenters. The van der Waals surface area contributed by atoms with Crippen molar-refractivity contribution in [2.45, 2.75) is 26.4 Å². The quantitative estimate of drug-likeness (QED) is 0.612. The summed E-state index contributed by atoms with van der Waals surface area (Å²) in [5.41, 5.74) is 2.14. The summed E-state index contributed by atoms with van der Waals surface area (Å²) >= 11 is 6.07. The monoisotopic (exact) mass is 482 g/mol. The van der Waals surface area contributed by atoms with Gasteiger partial charge in [-0.3, -0.25) is 9.80 Å². The fraction of sp³-hybridized carbons (Fsp3) is 0.292. The first-order valence-corrected chi connectivity index (χ1v) is 11.2. The topological polar surface area (TPSA) is 94.3 Å². The summed E-state index contributed by atoms with van der Waals surface area (Å²) in [7, 11) is 1.48. The van der Waals surface area contributed by atoms with E-state index in [9.17, 15) is 14.4 Å². The molecule has 1 N–H and O–H groups in total. The summed E-state index contributed by atoms with van der Waals surface area (Å²) in [5.74, 6) is -0.388. The Morgan fingerprint density at radius 2 is 1.94 bits per heavy atom. The predicted molar refractivity (Wildman–Crippen MR) is 128 cm³/mol. The number of anilines is 1. The van der Waals surface area contributed by atoms with E-state index in [1.807, 2.05) is 37.3 Å². The SMILES string of the molecule is CCN1N=C(C)C2=[N+](CC(=O)Nc3cc(Cl)ccc3OC)C(=O)N(Cc3ccccc3)C(=O)C21. The zero-order valence-electron chi connectivity index (χ0n) is 19.1. The van der Waals surface area contributed by atoms with Crippen molar-refractivity contribution in [1.29, 1.82) is 0 Å². The molecule has 2 heterocycles. The van der Waals surface area contributed by atoms with Gasteiger partial charge in [0.1, 0.15) is 18.0 Å². The van der Waals surface area contributed by atoms with Crippen LogP contribution in [0, 0.1) is 0 Å². The second-order valence-electron chi connectivity index (χ2n) is 7.90. The molecule has 176 valence electrons. The molecule has 0 aliphatic carbocycles. The van der Waals surface area contributed by atoms with Crippen LogP contribution in [0.2, 0.25) is 5.02 Å². The van der Waals surface area contributed by atoms with Crippen LogP contribution in [0.5, 0.6) is 5.75 Å². The zero-order chi connectivity index (χ0) is 24.4. The number of hydrogen-bond acceptors (Lipinski definition) is 6. The van der Waals surface area contributed by atoms with E-state index in [-0.39, 0.29) is 19.0 Å². The summed E-state index contributed by atoms with van der Waals surface area (Å²) in [6.45, 7) is 3.89. The molecule has 0 aromatic heterocycles. The van der Waals surface area contributed by atoms with Gasteiger partial charge in [-0.25, -0.2) is 4.79 Å². The number of halogens is 1. The van der Waals surface area contributed by atoms with Crippen LogP contribution in [0.4, 0.5) is 10.5 Å². The van der Waals surface area contributed by atoms with Crippen molar-refractivity contribution in [3.05, 3.63) is 59.1 Å². The van der Waals surface area contributed by atoms with Gasteiger partial charge in [-0.15, -0.1) is 0 Å². The molecule has 2 aromatic carbocycles. The molecule has 0 fully saturated rings. The molecule has 0 bridgehead atoms. The van der Waals surface area contributed by atoms with E-state index in [0.29, 0.717) is 34.4 Å². The molecule has 4 rings (SSSR count). The largest absolute Gasteiger partial charge is 0.501 e. The Balaban J connectivity index is 1.67. The lowest BCUT2D eigenvalue weighted by Crippen LogP contribution is -2.61. The molecule has 2 aromatic rings. The van der Waals surface area contributed by atoms with Crippen molar-refractivity contribution in [3.63, 3.8) is 0 Å². The number of hydrazone groups is 1. The maximum Gasteiger partial charge on any atom is 0.501 e. The zero-order valence-corrected chi connectivity index (χ0v) is 19.9. The number of nitrogens with one attached hydrogen (secondary N) is 1. The smallest absolute Gasteiger partial charge is 0.495 e. The summed E-state index contributed by atoms with van der Waals surface area (Å²) in [5, 5.41) is 9.28. The Morgan fingerprint density at radius 1 is 1.21 bits per heavy atom. The van der Waals surface area contributed by atoms with Crippen molar-refractivity contribution in [2.75, 3.05) is 25.5 Å². The lowest BCUT2D eigenvalue weighted by Gasteiger charge is -2.28. The Bertz CT molecular complexity index is 1210. The number of carbonyl (C=O) groups excluding carboxylic acids is 3. The van der Waals surface area contributed by atoms with E-state index in [0.717, 1.165) is 5.56 Å². The first-order valence-electron chi connectivity index (χ1n) is 10.8. The summed E-state index contributed by atoms with van der Waals surface area (Å²) in [6.07, 6.45) is 0. The van der Waals surface area contributed by atoms with Gasteiger partial charge in [-0.05, 0) is 37.6 Å². The van der Waals surface area contributed by atoms with Crippen LogP contribution < -0.4 is 10.1 Å². The number of methoxy groups -OCH3 is 1. The van der Waals surface area contributed by atoms with Crippen molar-refractivity contribution in [2.24, 2.45) is 5.10 Å². The van der Waals surface area contributed by atoms with Gasteiger partial charge >= 0.3 is 11.9 Å². The number of carbonyl (C=O) groups is 3. The highest BCUT2D eigenvalue weighted by Crippen LogP contribution is 2.28. The van der Waals surface area contributed by atoms with Crippen molar-refractivity contribution in [1.82, 2.24) is 9.91 Å². The number of hydrogen-bond donors (Lipinski definition) is 1. The van der Waals surface area contributed by atoms with Crippen molar-refractivity contribution >= 4 is 46.6 Å². The number of urea groups is 1. The van der Waals surface area contributed by atoms with Gasteiger partial charge in [-0.1, -0.05) is 41.9 Å². The lowest BCUT2D eigenvalue weighted by atomic mass is 10.0. The number of ether oxygens (including phenoxy) is 1. The number of imide groups is 1. The molecule has 0 spiro atoms. The molecule has 10 heteroatoms. The molecule has 0 saturated carbocycles. The van der Waals surface area contributed by atoms with Gasteiger partial charge < -0.3 is 10.1 Å². The minimum atomic E-state index is -0.764. The third-order valence-electron chi connectivity index (χ3n) is 5.70. The van der Waals surface area contributed by atoms with E-state index in [1.165, 1.54) is 16.6 Å². The highest BCUT2D eigenvalue weighted by Gasteiger charge is 2.54. The highest BCUT2D eigenvalue weighted by atomic mass is 35.5. The first-order chi connectivity index (χ1) is 16.3. The Hall–Kier alpha value is -3.72. The molecule has 34 heavy (non-hydrogen) atoms. The number of likely N-dealkylation sites (N-methyl/N-ethyl adjacent to an activating group) is 1. The summed E-state index contributed by atoms with van der Waals surface area (Å²) in [6, 6.07) is 12.8. The maximum atomic E-state index is 13.5. The molecule has 2 aliphatic heterocycles. The van der Waals surface area contributed by atoms with E-state index >= 15 is 0 Å². The Kier molecular flexibility index (Phi) is 6.65. The molecule has 4 amide bonds. The molecular formula is C24H25ClN5O4+. The molecule has 9 nitrogen and oxygen atoms in total. The van der Waals surface area contributed by atoms with Crippen LogP contribution in [0.15, 0.2) is 53.6 Å². The normalized spacial score (nSPS) is 17.6. The molecule has 0 saturated heterocycles. The van der Waals surface area contributed by atoms with Gasteiger partial charge in [0, 0.05) is 11.6 Å². The van der Waals surface area contributed by atoms with Crippen LogP contribution in [0.3, 0.4) is 0 Å². The van der Waals surface area contributed by atoms with Crippen LogP contribution >= 0.6 is 11.6 Å². The molecular weight excluding hydrogens is 458 g/mol. The maximum absolute atomic E-state index is 13.5. The van der Waals surface area contributed by atoms with Gasteiger partial charge in [0.25, 0.3) is 5.91 Å². The molecule has 0 radical (unpaired) electrons. The van der Waals surface area contributed by atoms with Gasteiger partial charge in [0.2, 0.25) is 6.04 Å². The van der Waals surface area contributed by atoms with Crippen LogP contribution in [0.25, 0.3) is 0 Å². The Labute approximate surface area is 202 Å². The standard InChI is InChI=1S/C24H24ClN5O4/c1-4-30-22-21(15(2)27-30)28(14-20(31)26-18-12-17(25)10-11-19(18)34-3)24(33)29(23(22)32)13-16-8-6-5-7-9-16/h5-12,22H,4,13-14H2,1-3H3/p+1.